The van der Waals surface area contributed by atoms with Gasteiger partial charge in [0.15, 0.2) is 11.9 Å². The predicted octanol–water partition coefficient (Wildman–Crippen LogP) is 5.66. The number of rotatable bonds is 10. The van der Waals surface area contributed by atoms with Crippen LogP contribution in [0.1, 0.15) is 29.7 Å². The molecule has 0 saturated carbocycles. The molecule has 5 rings (SSSR count). The van der Waals surface area contributed by atoms with E-state index in [4.69, 9.17) is 15.6 Å². The van der Waals surface area contributed by atoms with Crippen LogP contribution in [0.4, 0.5) is 0 Å². The third-order valence-corrected chi connectivity index (χ3v) is 7.26. The minimum Gasteiger partial charge on any atom is -0.467 e. The number of benzene rings is 3. The number of hydrogen-bond donors (Lipinski definition) is 1. The number of esters is 1. The maximum Gasteiger partial charge on any atom is 0.330 e. The quantitative estimate of drug-likeness (QED) is 0.0726. The van der Waals surface area contributed by atoms with Gasteiger partial charge in [0.05, 0.1) is 12.8 Å². The fourth-order valence-electron chi connectivity index (χ4n) is 4.27. The third kappa shape index (κ3) is 7.90. The second kappa shape index (κ2) is 15.6. The van der Waals surface area contributed by atoms with Gasteiger partial charge in [-0.15, -0.1) is 10.2 Å². The van der Waals surface area contributed by atoms with Gasteiger partial charge in [-0.2, -0.15) is 9.90 Å². The number of carbonyl (C=O) groups excluding carboxylic acids is 1. The molecule has 2 aromatic heterocycles. The summed E-state index contributed by atoms with van der Waals surface area (Å²) in [6.07, 6.45) is 3.78. The summed E-state index contributed by atoms with van der Waals surface area (Å²) in [5.41, 5.74) is 5.50. The molecule has 216 valence electrons. The average Bonchev–Trinajstić information content (AvgIpc) is 3.39. The van der Waals surface area contributed by atoms with Crippen LogP contribution in [0.15, 0.2) is 120 Å². The lowest BCUT2D eigenvalue weighted by molar-refractivity contribution is -0.142. The van der Waals surface area contributed by atoms with Gasteiger partial charge in [0.2, 0.25) is 5.16 Å². The van der Waals surface area contributed by atoms with E-state index in [0.717, 1.165) is 33.5 Å². The zero-order valence-electron chi connectivity index (χ0n) is 22.6. The first-order valence-electron chi connectivity index (χ1n) is 12.7. The van der Waals surface area contributed by atoms with Crippen molar-refractivity contribution in [3.05, 3.63) is 132 Å². The molecule has 5 aromatic rings. The standard InChI is InChI=1S/C31H28N6O2S.CH4.H3P/c1-39-30(38)27(34-28(24-11-4-2-5-12-24)25-13-6-3-7-14-25)20-22-9-8-10-23(19-22)21-40-31-36-35-29(37(31)32)26-15-17-33-18-16-26;;/h2-19,27H,20-21,32H2,1H3;1H4;1H3. The lowest BCUT2D eigenvalue weighted by Crippen LogP contribution is -2.25. The Hall–Kier alpha value is -4.33. The molecule has 2 N–H and O–H groups in total. The smallest absolute Gasteiger partial charge is 0.330 e. The lowest BCUT2D eigenvalue weighted by Gasteiger charge is -2.15. The van der Waals surface area contributed by atoms with Crippen LogP contribution in [-0.2, 0) is 21.7 Å². The Kier molecular flexibility index (Phi) is 12.0. The topological polar surface area (TPSA) is 108 Å². The predicted molar refractivity (Wildman–Crippen MR) is 175 cm³/mol. The summed E-state index contributed by atoms with van der Waals surface area (Å²) in [5.74, 6) is 7.09. The van der Waals surface area contributed by atoms with Gasteiger partial charge >= 0.3 is 5.97 Å². The van der Waals surface area contributed by atoms with Crippen LogP contribution in [0.2, 0.25) is 0 Å². The number of aliphatic imine (C=N–C) groups is 1. The third-order valence-electron chi connectivity index (χ3n) is 6.24. The van der Waals surface area contributed by atoms with Crippen LogP contribution in [0, 0.1) is 0 Å². The maximum absolute atomic E-state index is 12.9. The van der Waals surface area contributed by atoms with Gasteiger partial charge in [0.1, 0.15) is 0 Å². The lowest BCUT2D eigenvalue weighted by atomic mass is 10.00. The second-order valence-corrected chi connectivity index (χ2v) is 9.92. The highest BCUT2D eigenvalue weighted by Crippen LogP contribution is 2.25. The summed E-state index contributed by atoms with van der Waals surface area (Å²) >= 11 is 1.49. The van der Waals surface area contributed by atoms with Crippen LogP contribution in [0.25, 0.3) is 11.4 Å². The Morgan fingerprint density at radius 1 is 0.905 bits per heavy atom. The zero-order chi connectivity index (χ0) is 27.7. The Morgan fingerprint density at radius 3 is 2.14 bits per heavy atom. The van der Waals surface area contributed by atoms with Crippen LogP contribution >= 0.6 is 21.7 Å². The first kappa shape index (κ1) is 32.2. The van der Waals surface area contributed by atoms with Crippen molar-refractivity contribution in [1.82, 2.24) is 19.9 Å². The van der Waals surface area contributed by atoms with Gasteiger partial charge in [-0.05, 0) is 23.3 Å². The van der Waals surface area contributed by atoms with Crippen molar-refractivity contribution in [2.24, 2.45) is 4.99 Å². The SMILES string of the molecule is C.COC(=O)C(Cc1cccc(CSc2nnc(-c3ccncc3)n2N)c1)N=C(c1ccccc1)c1ccccc1.P. The number of pyridine rings is 1. The number of carbonyl (C=O) groups is 1. The van der Waals surface area contributed by atoms with Crippen LogP contribution in [0.3, 0.4) is 0 Å². The Labute approximate surface area is 254 Å². The molecule has 0 aliphatic carbocycles. The van der Waals surface area contributed by atoms with E-state index >= 15 is 0 Å². The van der Waals surface area contributed by atoms with E-state index in [1.807, 2.05) is 91.0 Å². The molecule has 0 amide bonds. The van der Waals surface area contributed by atoms with E-state index in [1.54, 1.807) is 12.4 Å². The number of aromatic nitrogens is 4. The fourth-order valence-corrected chi connectivity index (χ4v) is 5.07. The monoisotopic (exact) mass is 598 g/mol. The Bertz CT molecular complexity index is 1560. The Balaban J connectivity index is 0.00000242. The minimum atomic E-state index is -0.710. The molecule has 0 spiro atoms. The van der Waals surface area contributed by atoms with Crippen molar-refractivity contribution in [3.8, 4) is 11.4 Å². The van der Waals surface area contributed by atoms with E-state index in [-0.39, 0.29) is 23.3 Å². The average molecular weight is 599 g/mol. The summed E-state index contributed by atoms with van der Waals surface area (Å²) in [4.78, 5) is 21.9. The highest BCUT2D eigenvalue weighted by Gasteiger charge is 2.21. The molecule has 0 aliphatic heterocycles. The van der Waals surface area contributed by atoms with Gasteiger partial charge in [-0.3, -0.25) is 9.98 Å². The summed E-state index contributed by atoms with van der Waals surface area (Å²) in [5, 5.41) is 9.09. The molecule has 0 fully saturated rings. The number of nitrogens with two attached hydrogens (primary N) is 1. The highest BCUT2D eigenvalue weighted by molar-refractivity contribution is 7.98. The molecule has 8 nitrogen and oxygen atoms in total. The fraction of sp³-hybridized carbons (Fsp3) is 0.156. The number of nitrogens with zero attached hydrogens (tertiary/aromatic N) is 5. The van der Waals surface area contributed by atoms with Crippen molar-refractivity contribution in [1.29, 1.82) is 0 Å². The molecular formula is C32H35N6O2PS. The summed E-state index contributed by atoms with van der Waals surface area (Å²) in [6, 6.07) is 30.8. The largest absolute Gasteiger partial charge is 0.467 e. The van der Waals surface area contributed by atoms with Crippen molar-refractivity contribution in [2.45, 2.75) is 30.8 Å². The second-order valence-electron chi connectivity index (χ2n) is 8.97. The summed E-state index contributed by atoms with van der Waals surface area (Å²) in [7, 11) is 1.39. The van der Waals surface area contributed by atoms with E-state index in [9.17, 15) is 4.79 Å². The van der Waals surface area contributed by atoms with Gasteiger partial charge in [0, 0.05) is 41.3 Å². The molecular weight excluding hydrogens is 563 g/mol. The van der Waals surface area contributed by atoms with Crippen molar-refractivity contribution >= 4 is 33.3 Å². The molecule has 0 bridgehead atoms. The molecule has 42 heavy (non-hydrogen) atoms. The molecule has 0 aliphatic rings. The van der Waals surface area contributed by atoms with Crippen molar-refractivity contribution in [3.63, 3.8) is 0 Å². The summed E-state index contributed by atoms with van der Waals surface area (Å²) < 4.78 is 6.65. The van der Waals surface area contributed by atoms with Gasteiger partial charge in [-0.1, -0.05) is 104 Å². The van der Waals surface area contributed by atoms with E-state index in [1.165, 1.54) is 23.5 Å². The minimum absolute atomic E-state index is 0. The van der Waals surface area contributed by atoms with Gasteiger partial charge < -0.3 is 10.6 Å². The van der Waals surface area contributed by atoms with E-state index < -0.39 is 6.04 Å². The van der Waals surface area contributed by atoms with Crippen molar-refractivity contribution in [2.75, 3.05) is 13.0 Å². The number of hydrogen-bond acceptors (Lipinski definition) is 8. The Morgan fingerprint density at radius 2 is 1.52 bits per heavy atom. The molecule has 10 heteroatoms. The van der Waals surface area contributed by atoms with E-state index in [0.29, 0.717) is 23.2 Å². The molecule has 0 saturated heterocycles. The number of thioether (sulfide) groups is 1. The normalized spacial score (nSPS) is 11.0. The van der Waals surface area contributed by atoms with Gasteiger partial charge in [0.25, 0.3) is 0 Å². The molecule has 0 radical (unpaired) electrons. The van der Waals surface area contributed by atoms with Crippen LogP contribution in [-0.4, -0.2) is 44.7 Å². The van der Waals surface area contributed by atoms with Crippen molar-refractivity contribution < 1.29 is 9.53 Å². The van der Waals surface area contributed by atoms with Crippen LogP contribution in [0.5, 0.6) is 0 Å². The van der Waals surface area contributed by atoms with Crippen LogP contribution < -0.4 is 5.84 Å². The molecule has 2 atom stereocenters. The highest BCUT2D eigenvalue weighted by atomic mass is 32.2. The number of ether oxygens (including phenoxy) is 1. The molecule has 2 unspecified atom stereocenters. The first-order chi connectivity index (χ1) is 19.6. The molecule has 2 heterocycles. The zero-order valence-corrected chi connectivity index (χ0v) is 24.9. The first-order valence-corrected chi connectivity index (χ1v) is 13.7. The number of nitrogen functional groups attached to an aromatic ring is 1. The maximum atomic E-state index is 12.9. The summed E-state index contributed by atoms with van der Waals surface area (Å²) in [6.45, 7) is 0. The van der Waals surface area contributed by atoms with E-state index in [2.05, 4.69) is 21.2 Å². The molecule has 3 aromatic carbocycles. The van der Waals surface area contributed by atoms with Gasteiger partial charge in [-0.25, -0.2) is 9.47 Å². The number of methoxy groups -OCH3 is 1.